The largest absolute Gasteiger partial charge is 0.586 e. The number of hydrogen-bond acceptors (Lipinski definition) is 5. The van der Waals surface area contributed by atoms with Gasteiger partial charge in [-0.25, -0.2) is 4.39 Å². The Labute approximate surface area is 233 Å². The number of ether oxygens (including phenoxy) is 2. The lowest BCUT2D eigenvalue weighted by molar-refractivity contribution is -0.286. The summed E-state index contributed by atoms with van der Waals surface area (Å²) >= 11 is 0. The zero-order chi connectivity index (χ0) is 40.0. The van der Waals surface area contributed by atoms with Crippen molar-refractivity contribution < 1.29 is 58.2 Å². The highest BCUT2D eigenvalue weighted by molar-refractivity contribution is 5.95. The molecule has 1 fully saturated rings. The molecule has 1 saturated carbocycles. The van der Waals surface area contributed by atoms with E-state index in [9.17, 15) is 23.8 Å². The first-order valence-electron chi connectivity index (χ1n) is 18.3. The van der Waals surface area contributed by atoms with Crippen LogP contribution >= 0.6 is 0 Å². The van der Waals surface area contributed by atoms with Crippen LogP contribution in [0.4, 0.5) is 13.2 Å². The SMILES string of the molecule is [2H]c1c([2H])c(C2(C(=O)Cc3cc4cc(C(C)(C([2H])([2H])[2H])C([2H])([2H])C)n(C([2H])([2H])[C@@]([2H])(O)CO)c4cc3F)C([2H])([2H])C2([2H])[2H])c([2H])c2c1OC(F)(F)O2. The molecule has 9 heteroatoms. The van der Waals surface area contributed by atoms with E-state index in [1.165, 1.54) is 0 Å². The van der Waals surface area contributed by atoms with Crippen molar-refractivity contribution in [2.24, 2.45) is 0 Å². The number of aromatic nitrogens is 1. The van der Waals surface area contributed by atoms with Crippen molar-refractivity contribution in [2.45, 2.75) is 75.9 Å². The summed E-state index contributed by atoms with van der Waals surface area (Å²) in [6.07, 6.45) is -18.4. The van der Waals surface area contributed by atoms with Crippen LogP contribution in [0.1, 0.15) is 77.2 Å². The van der Waals surface area contributed by atoms with Crippen molar-refractivity contribution in [3.8, 4) is 11.5 Å². The van der Waals surface area contributed by atoms with Crippen LogP contribution in [-0.2, 0) is 28.5 Å². The Balaban J connectivity index is 1.76. The van der Waals surface area contributed by atoms with Crippen molar-refractivity contribution in [1.29, 1.82) is 0 Å². The number of benzene rings is 2. The monoisotopic (exact) mass is 532 g/mol. The first-order chi connectivity index (χ1) is 23.2. The molecule has 0 amide bonds. The lowest BCUT2D eigenvalue weighted by atomic mass is 9.86. The zero-order valence-electron chi connectivity index (χ0n) is 34.3. The minimum absolute atomic E-state index is 0.325. The second kappa shape index (κ2) is 8.77. The van der Waals surface area contributed by atoms with Crippen LogP contribution in [0, 0.1) is 5.82 Å². The van der Waals surface area contributed by atoms with Crippen LogP contribution in [0.3, 0.4) is 0 Å². The minimum Gasteiger partial charge on any atom is -0.395 e. The lowest BCUT2D eigenvalue weighted by Crippen LogP contribution is -2.26. The quantitative estimate of drug-likeness (QED) is 0.406. The summed E-state index contributed by atoms with van der Waals surface area (Å²) < 4.78 is 178. The van der Waals surface area contributed by atoms with Gasteiger partial charge in [-0.15, -0.1) is 8.78 Å². The minimum atomic E-state index is -4.43. The number of hydrogen-bond donors (Lipinski definition) is 2. The van der Waals surface area contributed by atoms with Crippen LogP contribution in [0.15, 0.2) is 36.3 Å². The molecule has 1 aromatic heterocycles. The van der Waals surface area contributed by atoms with E-state index >= 15 is 4.39 Å². The molecule has 6 nitrogen and oxygen atoms in total. The van der Waals surface area contributed by atoms with E-state index < -0.39 is 132 Å². The molecule has 1 aliphatic carbocycles. The van der Waals surface area contributed by atoms with Crippen LogP contribution in [0.5, 0.6) is 11.5 Å². The fraction of sp³-hybridized carbons (Fsp3) is 0.464. The molecule has 3 aromatic rings. The van der Waals surface area contributed by atoms with Crippen molar-refractivity contribution in [3.05, 3.63) is 59.0 Å². The molecule has 2 heterocycles. The zero-order valence-corrected chi connectivity index (χ0v) is 19.3. The second-order valence-corrected chi connectivity index (χ2v) is 8.63. The van der Waals surface area contributed by atoms with Gasteiger partial charge in [0.25, 0.3) is 0 Å². The molecule has 2 aliphatic rings. The summed E-state index contributed by atoms with van der Waals surface area (Å²) in [4.78, 5) is 14.1. The van der Waals surface area contributed by atoms with Gasteiger partial charge in [-0.2, -0.15) is 0 Å². The van der Waals surface area contributed by atoms with Crippen molar-refractivity contribution >= 4 is 16.7 Å². The van der Waals surface area contributed by atoms with E-state index in [2.05, 4.69) is 9.47 Å². The van der Waals surface area contributed by atoms with Gasteiger partial charge in [0.1, 0.15) is 11.6 Å². The Morgan fingerprint density at radius 2 is 2.08 bits per heavy atom. The van der Waals surface area contributed by atoms with E-state index in [1.807, 2.05) is 0 Å². The van der Waals surface area contributed by atoms with Crippen LogP contribution < -0.4 is 9.47 Å². The third kappa shape index (κ3) is 4.48. The van der Waals surface area contributed by atoms with E-state index in [0.29, 0.717) is 10.6 Å². The molecule has 2 aromatic carbocycles. The third-order valence-electron chi connectivity index (χ3n) is 6.08. The van der Waals surface area contributed by atoms with Crippen molar-refractivity contribution in [3.63, 3.8) is 0 Å². The Morgan fingerprint density at radius 1 is 1.35 bits per heavy atom. The number of fused-ring (bicyclic) bond motifs is 2. The highest BCUT2D eigenvalue weighted by Crippen LogP contribution is 2.52. The number of halogens is 3. The predicted octanol–water partition coefficient (Wildman–Crippen LogP) is 4.99. The number of rotatable bonds is 9. The molecule has 0 radical (unpaired) electrons. The maximum Gasteiger partial charge on any atom is 0.586 e. The summed E-state index contributed by atoms with van der Waals surface area (Å²) in [7, 11) is 0. The summed E-state index contributed by atoms with van der Waals surface area (Å²) in [6, 6.07) is -1.45. The molecule has 0 spiro atoms. The predicted molar refractivity (Wildman–Crippen MR) is 131 cm³/mol. The van der Waals surface area contributed by atoms with Gasteiger partial charge < -0.3 is 24.3 Å². The smallest absolute Gasteiger partial charge is 0.395 e. The normalized spacial score (nSPS) is 30.2. The maximum atomic E-state index is 16.0. The number of carbonyl (C=O) groups excluding carboxylic acids is 1. The van der Waals surface area contributed by atoms with Crippen LogP contribution in [0.2, 0.25) is 0 Å². The number of alkyl halides is 2. The topological polar surface area (TPSA) is 80.9 Å². The average Bonchev–Trinajstić information content (AvgIpc) is 3.33. The fourth-order valence-electron chi connectivity index (χ4n) is 3.93. The van der Waals surface area contributed by atoms with Gasteiger partial charge in [-0.1, -0.05) is 26.7 Å². The molecule has 2 atom stereocenters. The standard InChI is InChI=1S/C28H30F3NO5/c1-4-26(2,3)24-10-17-9-16(20(29)13-21(17)32(24)14-19(34)15-33)11-25(35)27(7-8-27)18-5-6-22-23(12-18)37-28(30,31)36-22/h5-6,9-10,12-13,19,33-34H,4,7-8,11,14-15H2,1-3H3/t19-/m1/s1/i2D3,4D2,5D,6D,7D2,8D2,12D,14D2,19D/t19-,26?. The fourth-order valence-corrected chi connectivity index (χ4v) is 3.93. The molecule has 2 N–H and O–H groups in total. The first kappa shape index (κ1) is 13.2. The van der Waals surface area contributed by atoms with Gasteiger partial charge in [0.15, 0.2) is 11.5 Å². The van der Waals surface area contributed by atoms with Gasteiger partial charge in [-0.05, 0) is 60.5 Å². The van der Waals surface area contributed by atoms with Gasteiger partial charge in [-0.3, -0.25) is 4.79 Å². The Morgan fingerprint density at radius 3 is 2.73 bits per heavy atom. The molecule has 0 saturated heterocycles. The Bertz CT molecular complexity index is 2000. The van der Waals surface area contributed by atoms with E-state index in [4.69, 9.17) is 20.6 Å². The number of ketones is 1. The Hall–Kier alpha value is -3.04. The second-order valence-electron chi connectivity index (χ2n) is 8.63. The van der Waals surface area contributed by atoms with Gasteiger partial charge >= 0.3 is 6.29 Å². The molecule has 1 unspecified atom stereocenters. The Kier molecular flexibility index (Phi) is 3.12. The average molecular weight is 533 g/mol. The van der Waals surface area contributed by atoms with Gasteiger partial charge in [0.2, 0.25) is 0 Å². The number of aliphatic hydroxyl groups is 2. The van der Waals surface area contributed by atoms with E-state index in [0.717, 1.165) is 26.0 Å². The molecule has 0 bridgehead atoms. The third-order valence-corrected chi connectivity index (χ3v) is 6.08. The van der Waals surface area contributed by atoms with E-state index in [-0.39, 0.29) is 5.39 Å². The molecule has 1 aliphatic heterocycles. The summed E-state index contributed by atoms with van der Waals surface area (Å²) in [5.41, 5.74) is -9.04. The first-order valence-corrected chi connectivity index (χ1v) is 10.8. The molecule has 5 rings (SSSR count). The highest BCUT2D eigenvalue weighted by Gasteiger charge is 2.52. The van der Waals surface area contributed by atoms with Crippen LogP contribution in [0.25, 0.3) is 10.9 Å². The lowest BCUT2D eigenvalue weighted by Gasteiger charge is -2.26. The molecular formula is C28H30F3NO5. The van der Waals surface area contributed by atoms with Crippen molar-refractivity contribution in [1.82, 2.24) is 4.57 Å². The van der Waals surface area contributed by atoms with E-state index in [1.54, 1.807) is 0 Å². The molecule has 37 heavy (non-hydrogen) atoms. The summed E-state index contributed by atoms with van der Waals surface area (Å²) in [5, 5.41) is 19.9. The number of aliphatic hydroxyl groups excluding tert-OH is 1. The van der Waals surface area contributed by atoms with Gasteiger partial charge in [0, 0.05) is 35.3 Å². The molecular weight excluding hydrogens is 487 g/mol. The molecule has 198 valence electrons. The summed E-state index contributed by atoms with van der Waals surface area (Å²) in [6.45, 7) is -6.60. The number of carbonyl (C=O) groups is 1. The number of Topliss-reactive ketones (excluding diaryl/α,β-unsaturated/α-hetero) is 1. The highest BCUT2D eigenvalue weighted by atomic mass is 19.3. The van der Waals surface area contributed by atoms with Crippen LogP contribution in [-0.4, -0.2) is 39.5 Å². The number of nitrogens with zero attached hydrogens (tertiary/aromatic N) is 1. The maximum absolute atomic E-state index is 16.0. The summed E-state index contributed by atoms with van der Waals surface area (Å²) in [5.74, 6) is -5.21. The van der Waals surface area contributed by atoms with Crippen molar-refractivity contribution in [2.75, 3.05) is 6.61 Å². The van der Waals surface area contributed by atoms with Gasteiger partial charge in [0.05, 0.1) is 38.3 Å².